The minimum absolute atomic E-state index is 0.176. The first kappa shape index (κ1) is 12.4. The van der Waals surface area contributed by atoms with Gasteiger partial charge in [-0.3, -0.25) is 0 Å². The first-order chi connectivity index (χ1) is 8.15. The van der Waals surface area contributed by atoms with Crippen molar-refractivity contribution < 1.29 is 4.39 Å². The largest absolute Gasteiger partial charge is 0.382 e. The quantitative estimate of drug-likeness (QED) is 0.867. The summed E-state index contributed by atoms with van der Waals surface area (Å²) in [6.45, 7) is 6.79. The van der Waals surface area contributed by atoms with E-state index in [2.05, 4.69) is 24.1 Å². The van der Waals surface area contributed by atoms with Crippen molar-refractivity contribution in [3.05, 3.63) is 30.1 Å². The molecule has 0 atom stereocenters. The molecule has 17 heavy (non-hydrogen) atoms. The molecule has 1 aliphatic rings. The first-order valence-corrected chi connectivity index (χ1v) is 6.41. The average Bonchev–Trinajstić information content (AvgIpc) is 2.33. The van der Waals surface area contributed by atoms with Gasteiger partial charge in [-0.2, -0.15) is 0 Å². The maximum absolute atomic E-state index is 12.8. The van der Waals surface area contributed by atoms with Crippen LogP contribution in [0, 0.1) is 5.82 Å². The van der Waals surface area contributed by atoms with Crippen LogP contribution in [0.25, 0.3) is 0 Å². The summed E-state index contributed by atoms with van der Waals surface area (Å²) in [7, 11) is 0. The lowest BCUT2D eigenvalue weighted by atomic mass is 10.0. The van der Waals surface area contributed by atoms with Crippen LogP contribution in [0.4, 0.5) is 10.1 Å². The number of piperidine rings is 1. The Kier molecular flexibility index (Phi) is 4.00. The van der Waals surface area contributed by atoms with E-state index in [1.165, 1.54) is 12.1 Å². The molecule has 3 heteroatoms. The van der Waals surface area contributed by atoms with Crippen LogP contribution in [0.2, 0.25) is 0 Å². The molecule has 2 nitrogen and oxygen atoms in total. The molecule has 1 aromatic rings. The van der Waals surface area contributed by atoms with E-state index >= 15 is 0 Å². The van der Waals surface area contributed by atoms with E-state index < -0.39 is 0 Å². The standard InChI is InChI=1S/C14H21FN2/c1-11(2)17-9-7-14(8-10-17)16-13-5-3-12(15)4-6-13/h3-6,11,14,16H,7-10H2,1-2H3. The van der Waals surface area contributed by atoms with Crippen LogP contribution in [0.5, 0.6) is 0 Å². The van der Waals surface area contributed by atoms with Gasteiger partial charge in [0.2, 0.25) is 0 Å². The highest BCUT2D eigenvalue weighted by molar-refractivity contribution is 5.43. The van der Waals surface area contributed by atoms with Crippen molar-refractivity contribution in [2.75, 3.05) is 18.4 Å². The van der Waals surface area contributed by atoms with E-state index in [1.807, 2.05) is 12.1 Å². The summed E-state index contributed by atoms with van der Waals surface area (Å²) in [6.07, 6.45) is 2.32. The van der Waals surface area contributed by atoms with Gasteiger partial charge in [0, 0.05) is 30.9 Å². The number of rotatable bonds is 3. The summed E-state index contributed by atoms with van der Waals surface area (Å²) >= 11 is 0. The molecule has 0 spiro atoms. The summed E-state index contributed by atoms with van der Waals surface area (Å²) < 4.78 is 12.8. The molecule has 1 aromatic carbocycles. The lowest BCUT2D eigenvalue weighted by molar-refractivity contribution is 0.177. The Labute approximate surface area is 103 Å². The molecule has 0 amide bonds. The fourth-order valence-corrected chi connectivity index (χ4v) is 2.34. The molecule has 0 saturated carbocycles. The normalized spacial score (nSPS) is 18.6. The molecule has 0 aromatic heterocycles. The van der Waals surface area contributed by atoms with Crippen LogP contribution in [0.3, 0.4) is 0 Å². The third-order valence-electron chi connectivity index (χ3n) is 3.47. The topological polar surface area (TPSA) is 15.3 Å². The Balaban J connectivity index is 1.84. The Hall–Kier alpha value is -1.09. The molecule has 0 aliphatic carbocycles. The lowest BCUT2D eigenvalue weighted by Crippen LogP contribution is -2.42. The van der Waals surface area contributed by atoms with Crippen molar-refractivity contribution in [2.24, 2.45) is 0 Å². The van der Waals surface area contributed by atoms with Gasteiger partial charge in [-0.1, -0.05) is 0 Å². The van der Waals surface area contributed by atoms with E-state index in [0.717, 1.165) is 31.6 Å². The highest BCUT2D eigenvalue weighted by atomic mass is 19.1. The molecule has 0 radical (unpaired) electrons. The van der Waals surface area contributed by atoms with Gasteiger partial charge in [0.05, 0.1) is 0 Å². The first-order valence-electron chi connectivity index (χ1n) is 6.41. The molecule has 1 heterocycles. The zero-order chi connectivity index (χ0) is 12.3. The molecule has 0 bridgehead atoms. The lowest BCUT2D eigenvalue weighted by Gasteiger charge is -2.35. The summed E-state index contributed by atoms with van der Waals surface area (Å²) in [5, 5.41) is 3.47. The molecular weight excluding hydrogens is 215 g/mol. The summed E-state index contributed by atoms with van der Waals surface area (Å²) in [6, 6.07) is 7.79. The Morgan fingerprint density at radius 1 is 1.18 bits per heavy atom. The van der Waals surface area contributed by atoms with Crippen molar-refractivity contribution in [2.45, 2.75) is 38.8 Å². The van der Waals surface area contributed by atoms with Gasteiger partial charge in [0.1, 0.15) is 5.82 Å². The number of hydrogen-bond acceptors (Lipinski definition) is 2. The Morgan fingerprint density at radius 2 is 1.76 bits per heavy atom. The number of anilines is 1. The Morgan fingerprint density at radius 3 is 2.29 bits per heavy atom. The number of likely N-dealkylation sites (tertiary alicyclic amines) is 1. The van der Waals surface area contributed by atoms with Crippen molar-refractivity contribution >= 4 is 5.69 Å². The van der Waals surface area contributed by atoms with Crippen LogP contribution in [0.15, 0.2) is 24.3 Å². The molecule has 0 unspecified atom stereocenters. The monoisotopic (exact) mass is 236 g/mol. The van der Waals surface area contributed by atoms with Crippen molar-refractivity contribution in [3.63, 3.8) is 0 Å². The molecule has 1 aliphatic heterocycles. The molecule has 94 valence electrons. The van der Waals surface area contributed by atoms with E-state index in [-0.39, 0.29) is 5.82 Å². The van der Waals surface area contributed by atoms with E-state index in [0.29, 0.717) is 12.1 Å². The summed E-state index contributed by atoms with van der Waals surface area (Å²) in [4.78, 5) is 2.50. The van der Waals surface area contributed by atoms with Crippen molar-refractivity contribution in [3.8, 4) is 0 Å². The second-order valence-corrected chi connectivity index (χ2v) is 5.06. The van der Waals surface area contributed by atoms with Gasteiger partial charge in [-0.15, -0.1) is 0 Å². The number of nitrogens with zero attached hydrogens (tertiary/aromatic N) is 1. The number of hydrogen-bond donors (Lipinski definition) is 1. The molecule has 1 saturated heterocycles. The number of halogens is 1. The van der Waals surface area contributed by atoms with Gasteiger partial charge < -0.3 is 10.2 Å². The molecule has 1 N–H and O–H groups in total. The van der Waals surface area contributed by atoms with Crippen LogP contribution in [0.1, 0.15) is 26.7 Å². The minimum atomic E-state index is -0.176. The van der Waals surface area contributed by atoms with E-state index in [4.69, 9.17) is 0 Å². The second-order valence-electron chi connectivity index (χ2n) is 5.06. The highest BCUT2D eigenvalue weighted by Crippen LogP contribution is 2.18. The summed E-state index contributed by atoms with van der Waals surface area (Å²) in [5.74, 6) is -0.176. The molecular formula is C14H21FN2. The minimum Gasteiger partial charge on any atom is -0.382 e. The fraction of sp³-hybridized carbons (Fsp3) is 0.571. The van der Waals surface area contributed by atoms with Crippen molar-refractivity contribution in [1.82, 2.24) is 4.90 Å². The fourth-order valence-electron chi connectivity index (χ4n) is 2.34. The van der Waals surface area contributed by atoms with Crippen LogP contribution in [-0.2, 0) is 0 Å². The van der Waals surface area contributed by atoms with Crippen LogP contribution in [-0.4, -0.2) is 30.1 Å². The van der Waals surface area contributed by atoms with E-state index in [9.17, 15) is 4.39 Å². The maximum atomic E-state index is 12.8. The predicted octanol–water partition coefficient (Wildman–Crippen LogP) is 3.11. The molecule has 1 fully saturated rings. The van der Waals surface area contributed by atoms with E-state index in [1.54, 1.807) is 0 Å². The third kappa shape index (κ3) is 3.43. The van der Waals surface area contributed by atoms with Crippen LogP contribution >= 0.6 is 0 Å². The number of benzene rings is 1. The smallest absolute Gasteiger partial charge is 0.123 e. The predicted molar refractivity (Wildman–Crippen MR) is 69.8 cm³/mol. The SMILES string of the molecule is CC(C)N1CCC(Nc2ccc(F)cc2)CC1. The van der Waals surface area contributed by atoms with Gasteiger partial charge >= 0.3 is 0 Å². The van der Waals surface area contributed by atoms with Gasteiger partial charge in [0.25, 0.3) is 0 Å². The average molecular weight is 236 g/mol. The van der Waals surface area contributed by atoms with Gasteiger partial charge in [-0.05, 0) is 51.0 Å². The second kappa shape index (κ2) is 5.50. The Bertz CT molecular complexity index is 340. The zero-order valence-corrected chi connectivity index (χ0v) is 10.6. The zero-order valence-electron chi connectivity index (χ0n) is 10.6. The third-order valence-corrected chi connectivity index (χ3v) is 3.47. The van der Waals surface area contributed by atoms with Crippen molar-refractivity contribution in [1.29, 1.82) is 0 Å². The van der Waals surface area contributed by atoms with Gasteiger partial charge in [0.15, 0.2) is 0 Å². The molecule has 2 rings (SSSR count). The summed E-state index contributed by atoms with van der Waals surface area (Å²) in [5.41, 5.74) is 1.02. The van der Waals surface area contributed by atoms with Crippen LogP contribution < -0.4 is 5.32 Å². The van der Waals surface area contributed by atoms with Gasteiger partial charge in [-0.25, -0.2) is 4.39 Å². The number of nitrogens with one attached hydrogen (secondary N) is 1. The highest BCUT2D eigenvalue weighted by Gasteiger charge is 2.20. The maximum Gasteiger partial charge on any atom is 0.123 e.